The topological polar surface area (TPSA) is 67.9 Å². The molecule has 170 valence electrons. The summed E-state index contributed by atoms with van der Waals surface area (Å²) in [7, 11) is 0. The van der Waals surface area contributed by atoms with Crippen molar-refractivity contribution >= 4 is 11.9 Å². The minimum Gasteiger partial charge on any atom is -0.464 e. The molecule has 0 radical (unpaired) electrons. The largest absolute Gasteiger partial charge is 0.464 e. The summed E-state index contributed by atoms with van der Waals surface area (Å²) < 4.78 is 10.6. The Hall–Kier alpha value is -1.10. The van der Waals surface area contributed by atoms with Crippen molar-refractivity contribution in [3.05, 3.63) is 0 Å². The van der Waals surface area contributed by atoms with Crippen LogP contribution in [0.5, 0.6) is 0 Å². The van der Waals surface area contributed by atoms with E-state index in [0.29, 0.717) is 0 Å². The Bertz CT molecular complexity index is 468. The average molecular weight is 412 g/mol. The average Bonchev–Trinajstić information content (AvgIpc) is 3.35. The van der Waals surface area contributed by atoms with Gasteiger partial charge in [0.15, 0.2) is 5.60 Å². The molecule has 1 rings (SSSR count). The summed E-state index contributed by atoms with van der Waals surface area (Å²) in [6.07, 6.45) is 18.4. The fraction of sp³-hybridized carbons (Fsp3) is 0.917. The van der Waals surface area contributed by atoms with Gasteiger partial charge in [-0.25, -0.2) is 0 Å². The molecule has 0 bridgehead atoms. The maximum atomic E-state index is 12.3. The van der Waals surface area contributed by atoms with Gasteiger partial charge in [-0.3, -0.25) is 9.59 Å². The Kier molecular flexibility index (Phi) is 13.2. The molecule has 0 saturated carbocycles. The number of unbranched alkanes of at least 4 members (excludes halogenated alkanes) is 12. The Labute approximate surface area is 178 Å². The van der Waals surface area contributed by atoms with Gasteiger partial charge in [-0.05, 0) is 20.3 Å². The predicted molar refractivity (Wildman–Crippen MR) is 118 cm³/mol. The number of carbonyl (C=O) groups excluding carboxylic acids is 2. The molecule has 5 nitrogen and oxygen atoms in total. The Morgan fingerprint density at radius 3 is 1.90 bits per heavy atom. The van der Waals surface area contributed by atoms with E-state index in [4.69, 9.17) is 9.47 Å². The molecule has 1 amide bonds. The number of ether oxygens (including phenoxy) is 2. The van der Waals surface area contributed by atoms with E-state index in [1.807, 2.05) is 13.8 Å². The zero-order valence-electron chi connectivity index (χ0n) is 19.4. The highest BCUT2D eigenvalue weighted by Gasteiger charge is 2.57. The van der Waals surface area contributed by atoms with Crippen molar-refractivity contribution in [3.63, 3.8) is 0 Å². The van der Waals surface area contributed by atoms with Crippen LogP contribution in [0.15, 0.2) is 0 Å². The summed E-state index contributed by atoms with van der Waals surface area (Å²) in [6, 6.07) is -0.204. The van der Waals surface area contributed by atoms with Crippen LogP contribution in [0, 0.1) is 0 Å². The highest BCUT2D eigenvalue weighted by Crippen LogP contribution is 2.39. The molecule has 5 heteroatoms. The smallest absolute Gasteiger partial charge is 0.302 e. The lowest BCUT2D eigenvalue weighted by atomic mass is 10.00. The molecular formula is C24H45NO4. The minimum absolute atomic E-state index is 0.0242. The van der Waals surface area contributed by atoms with E-state index in [2.05, 4.69) is 12.2 Å². The van der Waals surface area contributed by atoms with Gasteiger partial charge in [0, 0.05) is 6.92 Å². The molecule has 0 spiro atoms. The molecule has 0 aliphatic carbocycles. The van der Waals surface area contributed by atoms with Crippen molar-refractivity contribution in [1.29, 1.82) is 0 Å². The second kappa shape index (κ2) is 14.8. The van der Waals surface area contributed by atoms with Crippen molar-refractivity contribution in [3.8, 4) is 0 Å². The fourth-order valence-electron chi connectivity index (χ4n) is 3.79. The Morgan fingerprint density at radius 1 is 0.931 bits per heavy atom. The van der Waals surface area contributed by atoms with E-state index < -0.39 is 5.60 Å². The fourth-order valence-corrected chi connectivity index (χ4v) is 3.79. The first-order chi connectivity index (χ1) is 13.9. The Balaban J connectivity index is 1.94. The van der Waals surface area contributed by atoms with E-state index in [0.717, 1.165) is 12.8 Å². The van der Waals surface area contributed by atoms with Crippen LogP contribution in [-0.2, 0) is 19.1 Å². The Morgan fingerprint density at radius 2 is 1.41 bits per heavy atom. The molecule has 0 aromatic heterocycles. The molecule has 1 aliphatic rings. The normalized spacial score (nSPS) is 21.6. The second-order valence-corrected chi connectivity index (χ2v) is 8.92. The SMILES string of the molecule is CCCCCCCCCCCCCCC[C@H]1O[C@]1(C)C(=O)NC(C)COC(C)=O. The first-order valence-corrected chi connectivity index (χ1v) is 12.0. The second-order valence-electron chi connectivity index (χ2n) is 8.92. The van der Waals surface area contributed by atoms with Crippen molar-refractivity contribution in [2.24, 2.45) is 0 Å². The number of carbonyl (C=O) groups is 2. The number of hydrogen-bond donors (Lipinski definition) is 1. The van der Waals surface area contributed by atoms with Crippen LogP contribution in [-0.4, -0.2) is 36.2 Å². The summed E-state index contributed by atoms with van der Waals surface area (Å²) in [5.41, 5.74) is -0.707. The molecule has 0 aromatic carbocycles. The van der Waals surface area contributed by atoms with Crippen LogP contribution < -0.4 is 5.32 Å². The number of rotatable bonds is 18. The number of esters is 1. The first-order valence-electron chi connectivity index (χ1n) is 12.0. The minimum atomic E-state index is -0.707. The molecule has 29 heavy (non-hydrogen) atoms. The van der Waals surface area contributed by atoms with Crippen LogP contribution in [0.3, 0.4) is 0 Å². The quantitative estimate of drug-likeness (QED) is 0.179. The summed E-state index contributed by atoms with van der Waals surface area (Å²) in [6.45, 7) is 7.51. The maximum absolute atomic E-state index is 12.3. The summed E-state index contributed by atoms with van der Waals surface area (Å²) in [5.74, 6) is -0.433. The summed E-state index contributed by atoms with van der Waals surface area (Å²) >= 11 is 0. The van der Waals surface area contributed by atoms with Crippen LogP contribution in [0.25, 0.3) is 0 Å². The first kappa shape index (κ1) is 25.9. The third-order valence-corrected chi connectivity index (χ3v) is 5.88. The molecule has 3 atom stereocenters. The standard InChI is InChI=1S/C24H45NO4/c1-5-6-7-8-9-10-11-12-13-14-15-16-17-18-22-24(4,29-22)23(27)25-20(2)19-28-21(3)26/h20,22H,5-19H2,1-4H3,(H,25,27)/t20?,22-,24+/m1/s1. The lowest BCUT2D eigenvalue weighted by Crippen LogP contribution is -2.44. The predicted octanol–water partition coefficient (Wildman–Crippen LogP) is 5.69. The van der Waals surface area contributed by atoms with Crippen molar-refractivity contribution in [2.45, 2.75) is 135 Å². The number of hydrogen-bond acceptors (Lipinski definition) is 4. The lowest BCUT2D eigenvalue weighted by molar-refractivity contribution is -0.142. The molecule has 0 aromatic rings. The van der Waals surface area contributed by atoms with Crippen molar-refractivity contribution < 1.29 is 19.1 Å². The molecule has 1 unspecified atom stereocenters. The molecule has 1 heterocycles. The highest BCUT2D eigenvalue weighted by atomic mass is 16.6. The molecule has 1 fully saturated rings. The number of nitrogens with one attached hydrogen (secondary N) is 1. The van der Waals surface area contributed by atoms with E-state index in [9.17, 15) is 9.59 Å². The van der Waals surface area contributed by atoms with E-state index in [-0.39, 0.29) is 30.6 Å². The van der Waals surface area contributed by atoms with E-state index >= 15 is 0 Å². The van der Waals surface area contributed by atoms with Crippen LogP contribution in [0.1, 0.15) is 118 Å². The van der Waals surface area contributed by atoms with Crippen LogP contribution in [0.4, 0.5) is 0 Å². The molecule has 1 aliphatic heterocycles. The third-order valence-electron chi connectivity index (χ3n) is 5.88. The van der Waals surface area contributed by atoms with Crippen molar-refractivity contribution in [1.82, 2.24) is 5.32 Å². The zero-order chi connectivity index (χ0) is 21.5. The molecular weight excluding hydrogens is 366 g/mol. The van der Waals surface area contributed by atoms with Gasteiger partial charge in [-0.2, -0.15) is 0 Å². The lowest BCUT2D eigenvalue weighted by Gasteiger charge is -2.15. The monoisotopic (exact) mass is 411 g/mol. The summed E-state index contributed by atoms with van der Waals surface area (Å²) in [5, 5.41) is 2.88. The third kappa shape index (κ3) is 11.6. The van der Waals surface area contributed by atoms with E-state index in [1.165, 1.54) is 84.0 Å². The van der Waals surface area contributed by atoms with Gasteiger partial charge >= 0.3 is 5.97 Å². The van der Waals surface area contributed by atoms with Crippen LogP contribution in [0.2, 0.25) is 0 Å². The maximum Gasteiger partial charge on any atom is 0.302 e. The van der Waals surface area contributed by atoms with Gasteiger partial charge < -0.3 is 14.8 Å². The number of epoxide rings is 1. The van der Waals surface area contributed by atoms with Crippen LogP contribution >= 0.6 is 0 Å². The van der Waals surface area contributed by atoms with Gasteiger partial charge in [0.2, 0.25) is 0 Å². The van der Waals surface area contributed by atoms with Gasteiger partial charge in [-0.1, -0.05) is 90.4 Å². The van der Waals surface area contributed by atoms with Gasteiger partial charge in [0.25, 0.3) is 5.91 Å². The number of amides is 1. The van der Waals surface area contributed by atoms with Gasteiger partial charge in [0.05, 0.1) is 12.1 Å². The molecule has 1 N–H and O–H groups in total. The summed E-state index contributed by atoms with van der Waals surface area (Å²) in [4.78, 5) is 23.2. The van der Waals surface area contributed by atoms with Gasteiger partial charge in [0.1, 0.15) is 6.61 Å². The molecule has 1 saturated heterocycles. The zero-order valence-corrected chi connectivity index (χ0v) is 19.4. The van der Waals surface area contributed by atoms with E-state index in [1.54, 1.807) is 0 Å². The van der Waals surface area contributed by atoms with Gasteiger partial charge in [-0.15, -0.1) is 0 Å². The van der Waals surface area contributed by atoms with Crippen molar-refractivity contribution in [2.75, 3.05) is 6.61 Å². The highest BCUT2D eigenvalue weighted by molar-refractivity contribution is 5.88.